The standard InChI is InChI=1S/C23H23ClN2O4S/c1-17(19-5-3-6-20(24)15-19)26(2)23(27)13-10-18-8-11-22(12-9-18)31(28,29)25-16-21-7-4-14-30-21/h3-15,17,25H,16H2,1-2H3/b13-10+. The minimum Gasteiger partial charge on any atom is -0.468 e. The molecule has 0 aliphatic rings. The molecule has 0 bridgehead atoms. The van der Waals surface area contributed by atoms with Gasteiger partial charge in [-0.3, -0.25) is 4.79 Å². The van der Waals surface area contributed by atoms with Crippen molar-refractivity contribution >= 4 is 33.6 Å². The van der Waals surface area contributed by atoms with Crippen LogP contribution in [0.4, 0.5) is 0 Å². The number of amides is 1. The number of halogens is 1. The van der Waals surface area contributed by atoms with Gasteiger partial charge in [-0.1, -0.05) is 35.9 Å². The van der Waals surface area contributed by atoms with Crippen LogP contribution in [0, 0.1) is 0 Å². The highest BCUT2D eigenvalue weighted by Gasteiger charge is 2.16. The van der Waals surface area contributed by atoms with E-state index in [1.165, 1.54) is 24.5 Å². The fourth-order valence-electron chi connectivity index (χ4n) is 2.89. The molecule has 1 atom stereocenters. The monoisotopic (exact) mass is 458 g/mol. The van der Waals surface area contributed by atoms with Crippen LogP contribution in [0.15, 0.2) is 82.3 Å². The molecule has 1 heterocycles. The topological polar surface area (TPSA) is 79.6 Å². The number of likely N-dealkylation sites (N-methyl/N-ethyl adjacent to an activating group) is 1. The second kappa shape index (κ2) is 9.96. The second-order valence-electron chi connectivity index (χ2n) is 6.99. The smallest absolute Gasteiger partial charge is 0.246 e. The molecule has 1 unspecified atom stereocenters. The molecule has 0 saturated heterocycles. The number of nitrogens with zero attached hydrogens (tertiary/aromatic N) is 1. The van der Waals surface area contributed by atoms with Gasteiger partial charge in [0.25, 0.3) is 0 Å². The van der Waals surface area contributed by atoms with Crippen molar-refractivity contribution in [3.05, 3.63) is 94.9 Å². The van der Waals surface area contributed by atoms with Crippen LogP contribution in [-0.4, -0.2) is 26.3 Å². The molecule has 1 aromatic heterocycles. The number of rotatable bonds is 8. The summed E-state index contributed by atoms with van der Waals surface area (Å²) >= 11 is 6.04. The van der Waals surface area contributed by atoms with Gasteiger partial charge in [0.05, 0.1) is 23.7 Å². The third-order valence-corrected chi connectivity index (χ3v) is 6.54. The highest BCUT2D eigenvalue weighted by atomic mass is 35.5. The Morgan fingerprint density at radius 1 is 1.16 bits per heavy atom. The number of nitrogens with one attached hydrogen (secondary N) is 1. The molecule has 3 rings (SSSR count). The summed E-state index contributed by atoms with van der Waals surface area (Å²) < 4.78 is 32.4. The summed E-state index contributed by atoms with van der Waals surface area (Å²) in [6, 6.07) is 16.9. The van der Waals surface area contributed by atoms with Gasteiger partial charge in [-0.05, 0) is 60.5 Å². The van der Waals surface area contributed by atoms with Crippen LogP contribution in [0.3, 0.4) is 0 Å². The third-order valence-electron chi connectivity index (χ3n) is 4.88. The molecule has 0 radical (unpaired) electrons. The van der Waals surface area contributed by atoms with Crippen molar-refractivity contribution in [1.82, 2.24) is 9.62 Å². The summed E-state index contributed by atoms with van der Waals surface area (Å²) in [6.07, 6.45) is 4.59. The number of carbonyl (C=O) groups excluding carboxylic acids is 1. The van der Waals surface area contributed by atoms with Crippen molar-refractivity contribution in [3.63, 3.8) is 0 Å². The van der Waals surface area contributed by atoms with E-state index >= 15 is 0 Å². The number of hydrogen-bond donors (Lipinski definition) is 1. The van der Waals surface area contributed by atoms with Crippen molar-refractivity contribution in [1.29, 1.82) is 0 Å². The molecule has 6 nitrogen and oxygen atoms in total. The first-order valence-corrected chi connectivity index (χ1v) is 11.4. The first-order valence-electron chi connectivity index (χ1n) is 9.59. The zero-order valence-electron chi connectivity index (χ0n) is 17.2. The van der Waals surface area contributed by atoms with E-state index < -0.39 is 10.0 Å². The Bertz CT molecular complexity index is 1160. The molecule has 162 valence electrons. The van der Waals surface area contributed by atoms with Crippen LogP contribution >= 0.6 is 11.6 Å². The lowest BCUT2D eigenvalue weighted by atomic mass is 10.1. The summed E-state index contributed by atoms with van der Waals surface area (Å²) in [7, 11) is -1.94. The van der Waals surface area contributed by atoms with Gasteiger partial charge in [0.1, 0.15) is 5.76 Å². The Morgan fingerprint density at radius 3 is 2.55 bits per heavy atom. The number of sulfonamides is 1. The molecule has 3 aromatic rings. The van der Waals surface area contributed by atoms with E-state index in [1.54, 1.807) is 48.4 Å². The highest BCUT2D eigenvalue weighted by molar-refractivity contribution is 7.89. The molecule has 0 aliphatic carbocycles. The summed E-state index contributed by atoms with van der Waals surface area (Å²) in [6.45, 7) is 2.00. The van der Waals surface area contributed by atoms with E-state index in [0.717, 1.165) is 5.56 Å². The van der Waals surface area contributed by atoms with E-state index in [2.05, 4.69) is 4.72 Å². The summed E-state index contributed by atoms with van der Waals surface area (Å²) in [5, 5.41) is 0.620. The van der Waals surface area contributed by atoms with Gasteiger partial charge in [0, 0.05) is 18.1 Å². The lowest BCUT2D eigenvalue weighted by molar-refractivity contribution is -0.126. The fourth-order valence-corrected chi connectivity index (χ4v) is 4.08. The molecule has 2 aromatic carbocycles. The van der Waals surface area contributed by atoms with E-state index in [-0.39, 0.29) is 23.4 Å². The predicted molar refractivity (Wildman–Crippen MR) is 121 cm³/mol. The molecule has 1 amide bonds. The first-order chi connectivity index (χ1) is 14.8. The molecule has 0 fully saturated rings. The van der Waals surface area contributed by atoms with Gasteiger partial charge < -0.3 is 9.32 Å². The molecular weight excluding hydrogens is 436 g/mol. The molecular formula is C23H23ClN2O4S. The largest absolute Gasteiger partial charge is 0.468 e. The zero-order chi connectivity index (χ0) is 22.4. The SMILES string of the molecule is CC(c1cccc(Cl)c1)N(C)C(=O)/C=C/c1ccc(S(=O)(=O)NCc2ccco2)cc1. The molecule has 1 N–H and O–H groups in total. The average Bonchev–Trinajstić information content (AvgIpc) is 3.29. The summed E-state index contributed by atoms with van der Waals surface area (Å²) in [5.74, 6) is 0.349. The van der Waals surface area contributed by atoms with Crippen LogP contribution < -0.4 is 4.72 Å². The van der Waals surface area contributed by atoms with Crippen molar-refractivity contribution in [2.75, 3.05) is 7.05 Å². The van der Waals surface area contributed by atoms with Gasteiger partial charge in [0.15, 0.2) is 0 Å². The lowest BCUT2D eigenvalue weighted by Crippen LogP contribution is -2.27. The maximum atomic E-state index is 12.5. The maximum Gasteiger partial charge on any atom is 0.246 e. The van der Waals surface area contributed by atoms with Gasteiger partial charge in [0.2, 0.25) is 15.9 Å². The highest BCUT2D eigenvalue weighted by Crippen LogP contribution is 2.22. The zero-order valence-corrected chi connectivity index (χ0v) is 18.7. The van der Waals surface area contributed by atoms with Gasteiger partial charge in [-0.25, -0.2) is 13.1 Å². The lowest BCUT2D eigenvalue weighted by Gasteiger charge is -2.24. The van der Waals surface area contributed by atoms with Gasteiger partial charge in [-0.15, -0.1) is 0 Å². The summed E-state index contributed by atoms with van der Waals surface area (Å²) in [4.78, 5) is 14.3. The fraction of sp³-hybridized carbons (Fsp3) is 0.174. The van der Waals surface area contributed by atoms with E-state index in [9.17, 15) is 13.2 Å². The molecule has 0 spiro atoms. The van der Waals surface area contributed by atoms with E-state index in [1.807, 2.05) is 25.1 Å². The summed E-state index contributed by atoms with van der Waals surface area (Å²) in [5.41, 5.74) is 1.65. The van der Waals surface area contributed by atoms with Crippen molar-refractivity contribution < 1.29 is 17.6 Å². The maximum absolute atomic E-state index is 12.5. The van der Waals surface area contributed by atoms with Gasteiger partial charge >= 0.3 is 0 Å². The number of hydrogen-bond acceptors (Lipinski definition) is 4. The Labute approximate surface area is 187 Å². The minimum atomic E-state index is -3.66. The van der Waals surface area contributed by atoms with Gasteiger partial charge in [-0.2, -0.15) is 0 Å². The van der Waals surface area contributed by atoms with Crippen LogP contribution in [0.5, 0.6) is 0 Å². The van der Waals surface area contributed by atoms with Crippen molar-refractivity contribution in [2.24, 2.45) is 0 Å². The molecule has 0 saturated carbocycles. The minimum absolute atomic E-state index is 0.0721. The molecule has 8 heteroatoms. The van der Waals surface area contributed by atoms with Crippen molar-refractivity contribution in [3.8, 4) is 0 Å². The number of benzene rings is 2. The Balaban J connectivity index is 1.62. The molecule has 0 aliphatic heterocycles. The number of furan rings is 1. The quantitative estimate of drug-likeness (QED) is 0.498. The Hall–Kier alpha value is -2.87. The van der Waals surface area contributed by atoms with Crippen molar-refractivity contribution in [2.45, 2.75) is 24.4 Å². The van der Waals surface area contributed by atoms with E-state index in [4.69, 9.17) is 16.0 Å². The Kier molecular flexibility index (Phi) is 7.33. The first kappa shape index (κ1) is 22.8. The normalized spacial score (nSPS) is 12.7. The average molecular weight is 459 g/mol. The molecule has 31 heavy (non-hydrogen) atoms. The number of carbonyl (C=O) groups is 1. The van der Waals surface area contributed by atoms with Crippen LogP contribution in [-0.2, 0) is 21.4 Å². The third kappa shape index (κ3) is 6.07. The van der Waals surface area contributed by atoms with Crippen LogP contribution in [0.25, 0.3) is 6.08 Å². The van der Waals surface area contributed by atoms with Crippen LogP contribution in [0.1, 0.15) is 29.9 Å². The van der Waals surface area contributed by atoms with Crippen LogP contribution in [0.2, 0.25) is 5.02 Å². The predicted octanol–water partition coefficient (Wildman–Crippen LogP) is 4.64. The second-order valence-corrected chi connectivity index (χ2v) is 9.19. The Morgan fingerprint density at radius 2 is 1.90 bits per heavy atom. The van der Waals surface area contributed by atoms with E-state index in [0.29, 0.717) is 16.3 Å².